The Bertz CT molecular complexity index is 1790. The number of aryl methyl sites for hydroxylation is 1. The van der Waals surface area contributed by atoms with Crippen LogP contribution >= 0.6 is 0 Å². The number of aromatic nitrogens is 1. The van der Waals surface area contributed by atoms with Crippen LogP contribution in [0.25, 0.3) is 0 Å². The Morgan fingerprint density at radius 2 is 0.600 bits per heavy atom. The number of hydrogen-bond donors (Lipinski definition) is 0. The summed E-state index contributed by atoms with van der Waals surface area (Å²) in [6.07, 6.45) is 40.7. The molecule has 9 rings (SSSR count). The van der Waals surface area contributed by atoms with Crippen molar-refractivity contribution in [3.8, 4) is 0 Å². The van der Waals surface area contributed by atoms with Crippen molar-refractivity contribution in [3.63, 3.8) is 0 Å². The van der Waals surface area contributed by atoms with E-state index in [0.29, 0.717) is 23.7 Å². The SMILES string of the molecule is CC(=Nc1c(C2CCCCC2)cc(C2CCCCC2)cc1C1CCCCC1)c1cc(C)cc(C(C)=Nc2c(C3CCCCC3)cc(C3CCCCC3)cc2C2CCCCC2)n1.[Cl-].[Cl-].[Cl-].[V+3]. The minimum Gasteiger partial charge on any atom is -1.00 e. The number of rotatable bonds is 10. The van der Waals surface area contributed by atoms with Gasteiger partial charge in [-0.1, -0.05) is 140 Å². The van der Waals surface area contributed by atoms with Gasteiger partial charge in [-0.3, -0.25) is 9.98 Å². The van der Waals surface area contributed by atoms with Crippen LogP contribution in [0.15, 0.2) is 46.4 Å². The van der Waals surface area contributed by atoms with Crippen LogP contribution < -0.4 is 37.2 Å². The van der Waals surface area contributed by atoms with Crippen molar-refractivity contribution in [2.24, 2.45) is 9.98 Å². The van der Waals surface area contributed by atoms with Gasteiger partial charge >= 0.3 is 18.6 Å². The van der Waals surface area contributed by atoms with Crippen molar-refractivity contribution >= 4 is 22.8 Å². The molecule has 1 aromatic heterocycles. The van der Waals surface area contributed by atoms with E-state index >= 15 is 0 Å². The molecular formula is C58H81Cl3N3V. The molecule has 0 radical (unpaired) electrons. The van der Waals surface area contributed by atoms with E-state index in [-0.39, 0.29) is 55.8 Å². The predicted octanol–water partition coefficient (Wildman–Crippen LogP) is 8.97. The van der Waals surface area contributed by atoms with E-state index in [1.807, 2.05) is 0 Å². The number of halogens is 3. The van der Waals surface area contributed by atoms with Gasteiger partial charge in [0, 0.05) is 0 Å². The zero-order chi connectivity index (χ0) is 41.5. The molecule has 0 N–H and O–H groups in total. The number of benzene rings is 2. The number of pyridine rings is 1. The molecule has 0 amide bonds. The topological polar surface area (TPSA) is 37.6 Å². The first-order chi connectivity index (χ1) is 30.0. The van der Waals surface area contributed by atoms with Crippen LogP contribution in [-0.2, 0) is 18.6 Å². The van der Waals surface area contributed by atoms with Crippen LogP contribution in [0, 0.1) is 6.92 Å². The van der Waals surface area contributed by atoms with Crippen LogP contribution in [0.4, 0.5) is 11.4 Å². The Morgan fingerprint density at radius 1 is 0.369 bits per heavy atom. The average Bonchev–Trinajstić information content (AvgIpc) is 3.33. The molecule has 0 atom stereocenters. The summed E-state index contributed by atoms with van der Waals surface area (Å²) in [5, 5.41) is 0. The number of nitrogens with zero attached hydrogens (tertiary/aromatic N) is 3. The van der Waals surface area contributed by atoms with Gasteiger partial charge < -0.3 is 37.2 Å². The van der Waals surface area contributed by atoms with Crippen LogP contribution in [0.1, 0.15) is 292 Å². The van der Waals surface area contributed by atoms with E-state index in [4.69, 9.17) is 15.0 Å². The molecule has 3 nitrogen and oxygen atoms in total. The maximum atomic E-state index is 5.81. The zero-order valence-electron chi connectivity index (χ0n) is 40.6. The minimum absolute atomic E-state index is 0. The van der Waals surface area contributed by atoms with Crippen molar-refractivity contribution in [2.45, 2.75) is 249 Å². The van der Waals surface area contributed by atoms with Gasteiger partial charge in [0.05, 0.1) is 34.2 Å². The second kappa shape index (κ2) is 26.4. The Kier molecular flexibility index (Phi) is 22.1. The van der Waals surface area contributed by atoms with Gasteiger partial charge in [-0.25, -0.2) is 4.98 Å². The van der Waals surface area contributed by atoms with E-state index in [0.717, 1.165) is 34.6 Å². The van der Waals surface area contributed by atoms with Crippen molar-refractivity contribution in [3.05, 3.63) is 86.7 Å². The fraction of sp³-hybridized carbons (Fsp3) is 0.672. The maximum absolute atomic E-state index is 5.81. The van der Waals surface area contributed by atoms with Crippen molar-refractivity contribution in [1.29, 1.82) is 0 Å². The van der Waals surface area contributed by atoms with E-state index in [2.05, 4.69) is 57.2 Å². The molecule has 0 aliphatic heterocycles. The first kappa shape index (κ1) is 54.3. The number of aliphatic imine (C=N–C) groups is 2. The molecular weight excluding hydrogens is 896 g/mol. The molecule has 0 spiro atoms. The second-order valence-electron chi connectivity index (χ2n) is 21.4. The van der Waals surface area contributed by atoms with Crippen molar-refractivity contribution < 1.29 is 55.8 Å². The van der Waals surface area contributed by atoms with Gasteiger partial charge in [0.2, 0.25) is 0 Å². The third-order valence-corrected chi connectivity index (χ3v) is 17.0. The van der Waals surface area contributed by atoms with E-state index in [9.17, 15) is 0 Å². The summed E-state index contributed by atoms with van der Waals surface area (Å²) < 4.78 is 0. The van der Waals surface area contributed by atoms with E-state index in [1.54, 1.807) is 33.4 Å². The van der Waals surface area contributed by atoms with Gasteiger partial charge in [-0.05, 0) is 184 Å². The molecule has 354 valence electrons. The standard InChI is InChI=1S/C58H81N3.3ClH.V/c1-40-34-55(41(2)59-57-51(45-26-14-6-15-27-45)36-49(43-22-10-4-11-23-43)37-52(57)46-28-16-7-17-29-46)61-56(35-40)42(3)60-58-53(47-30-18-8-19-31-47)38-50(44-24-12-5-13-25-44)39-54(58)48-32-20-9-21-33-48;;;;/h34-39,43-48H,4-33H2,1-3H3;3*1H;/q;;;;+3/p-3. The first-order valence-electron chi connectivity index (χ1n) is 26.4. The summed E-state index contributed by atoms with van der Waals surface area (Å²) in [5.41, 5.74) is 17.7. The van der Waals surface area contributed by atoms with Gasteiger partial charge in [-0.15, -0.1) is 0 Å². The van der Waals surface area contributed by atoms with E-state index in [1.165, 1.54) is 210 Å². The third kappa shape index (κ3) is 13.4. The Hall–Kier alpha value is -1.62. The summed E-state index contributed by atoms with van der Waals surface area (Å²) in [5.74, 6) is 3.96. The minimum atomic E-state index is 0. The quantitative estimate of drug-likeness (QED) is 0.187. The number of hydrogen-bond acceptors (Lipinski definition) is 3. The van der Waals surface area contributed by atoms with Gasteiger partial charge in [0.15, 0.2) is 0 Å². The monoisotopic (exact) mass is 975 g/mol. The van der Waals surface area contributed by atoms with Crippen LogP contribution in [0.3, 0.4) is 0 Å². The van der Waals surface area contributed by atoms with Gasteiger partial charge in [0.1, 0.15) is 0 Å². The third-order valence-electron chi connectivity index (χ3n) is 17.0. The summed E-state index contributed by atoms with van der Waals surface area (Å²) in [7, 11) is 0. The van der Waals surface area contributed by atoms with Crippen molar-refractivity contribution in [1.82, 2.24) is 4.98 Å². The van der Waals surface area contributed by atoms with Crippen molar-refractivity contribution in [2.75, 3.05) is 0 Å². The fourth-order valence-electron chi connectivity index (χ4n) is 13.4. The molecule has 6 aliphatic rings. The van der Waals surface area contributed by atoms with Crippen LogP contribution in [0.2, 0.25) is 0 Å². The Labute approximate surface area is 426 Å². The van der Waals surface area contributed by atoms with Gasteiger partial charge in [-0.2, -0.15) is 0 Å². The summed E-state index contributed by atoms with van der Waals surface area (Å²) in [6, 6.07) is 15.3. The first-order valence-corrected chi connectivity index (χ1v) is 26.4. The summed E-state index contributed by atoms with van der Waals surface area (Å²) >= 11 is 0. The molecule has 0 unspecified atom stereocenters. The fourth-order valence-corrected chi connectivity index (χ4v) is 13.4. The molecule has 7 heteroatoms. The average molecular weight is 978 g/mol. The second-order valence-corrected chi connectivity index (χ2v) is 21.4. The molecule has 1 heterocycles. The maximum Gasteiger partial charge on any atom is 3.00 e. The molecule has 3 aromatic rings. The largest absolute Gasteiger partial charge is 3.00 e. The Morgan fingerprint density at radius 3 is 0.846 bits per heavy atom. The molecule has 65 heavy (non-hydrogen) atoms. The molecule has 6 fully saturated rings. The Balaban J connectivity index is 0.00000198. The molecule has 6 saturated carbocycles. The molecule has 2 aromatic carbocycles. The van der Waals surface area contributed by atoms with E-state index < -0.39 is 0 Å². The summed E-state index contributed by atoms with van der Waals surface area (Å²) in [4.78, 5) is 17.1. The zero-order valence-corrected chi connectivity index (χ0v) is 44.2. The smallest absolute Gasteiger partial charge is 1.00 e. The molecule has 6 aliphatic carbocycles. The van der Waals surface area contributed by atoms with Gasteiger partial charge in [0.25, 0.3) is 0 Å². The predicted molar refractivity (Wildman–Crippen MR) is 261 cm³/mol. The van der Waals surface area contributed by atoms with Crippen LogP contribution in [-0.4, -0.2) is 16.4 Å². The van der Waals surface area contributed by atoms with Crippen LogP contribution in [0.5, 0.6) is 0 Å². The summed E-state index contributed by atoms with van der Waals surface area (Å²) in [6.45, 7) is 6.78. The molecule has 0 saturated heterocycles. The normalized spacial score (nSPS) is 21.7. The molecule has 0 bridgehead atoms.